The second kappa shape index (κ2) is 6.64. The minimum Gasteiger partial charge on any atom is -0.377 e. The Kier molecular flexibility index (Phi) is 4.63. The Labute approximate surface area is 121 Å². The summed E-state index contributed by atoms with van der Waals surface area (Å²) in [4.78, 5) is 10.9. The molecule has 4 nitrogen and oxygen atoms in total. The van der Waals surface area contributed by atoms with Gasteiger partial charge in [0.1, 0.15) is 6.33 Å². The third kappa shape index (κ3) is 3.36. The molecule has 0 radical (unpaired) electrons. The molecule has 0 aromatic carbocycles. The van der Waals surface area contributed by atoms with Gasteiger partial charge in [-0.25, -0.2) is 9.97 Å². The number of fused-ring (bicyclic) bond motifs is 1. The van der Waals surface area contributed by atoms with Gasteiger partial charge in [0.15, 0.2) is 0 Å². The van der Waals surface area contributed by atoms with Crippen LogP contribution in [-0.2, 0) is 17.7 Å². The Hall–Kier alpha value is -1.00. The van der Waals surface area contributed by atoms with Crippen LogP contribution in [0.4, 0.5) is 0 Å². The first-order valence-electron chi connectivity index (χ1n) is 7.94. The summed E-state index contributed by atoms with van der Waals surface area (Å²) >= 11 is 0. The molecule has 1 aliphatic carbocycles. The van der Waals surface area contributed by atoms with Crippen molar-refractivity contribution < 1.29 is 4.74 Å². The average Bonchev–Trinajstić information content (AvgIpc) is 2.49. The zero-order valence-corrected chi connectivity index (χ0v) is 12.4. The third-order valence-electron chi connectivity index (χ3n) is 4.72. The first-order valence-corrected chi connectivity index (χ1v) is 7.94. The van der Waals surface area contributed by atoms with Crippen LogP contribution < -0.4 is 0 Å². The van der Waals surface area contributed by atoms with Crippen LogP contribution >= 0.6 is 0 Å². The van der Waals surface area contributed by atoms with Crippen molar-refractivity contribution in [3.63, 3.8) is 0 Å². The molecule has 0 unspecified atom stereocenters. The van der Waals surface area contributed by atoms with Crippen LogP contribution in [0.3, 0.4) is 0 Å². The molecule has 1 aliphatic heterocycles. The number of hydrogen-bond acceptors (Lipinski definition) is 4. The fourth-order valence-electron chi connectivity index (χ4n) is 3.36. The molecule has 0 amide bonds. The van der Waals surface area contributed by atoms with E-state index in [0.29, 0.717) is 6.10 Å². The van der Waals surface area contributed by atoms with E-state index in [9.17, 15) is 0 Å². The first kappa shape index (κ1) is 14.0. The highest BCUT2D eigenvalue weighted by Gasteiger charge is 2.22. The lowest BCUT2D eigenvalue weighted by Crippen LogP contribution is -2.35. The van der Waals surface area contributed by atoms with E-state index in [2.05, 4.69) is 21.8 Å². The SMILES string of the molecule is C[C@@H]1CCCC[C@H]1OCCN1CCc2cncnc2C1. The summed E-state index contributed by atoms with van der Waals surface area (Å²) in [7, 11) is 0. The summed E-state index contributed by atoms with van der Waals surface area (Å²) in [6.45, 7) is 6.26. The molecule has 1 saturated carbocycles. The Morgan fingerprint density at radius 3 is 3.15 bits per heavy atom. The molecule has 0 bridgehead atoms. The lowest BCUT2D eigenvalue weighted by Gasteiger charge is -2.31. The number of aromatic nitrogens is 2. The van der Waals surface area contributed by atoms with Gasteiger partial charge in [0, 0.05) is 25.8 Å². The molecule has 3 rings (SSSR count). The molecular formula is C16H25N3O. The molecule has 0 N–H and O–H groups in total. The van der Waals surface area contributed by atoms with E-state index in [-0.39, 0.29) is 0 Å². The van der Waals surface area contributed by atoms with E-state index >= 15 is 0 Å². The Balaban J connectivity index is 1.43. The van der Waals surface area contributed by atoms with Gasteiger partial charge in [-0.2, -0.15) is 0 Å². The Morgan fingerprint density at radius 2 is 2.25 bits per heavy atom. The van der Waals surface area contributed by atoms with Gasteiger partial charge in [-0.1, -0.05) is 19.8 Å². The van der Waals surface area contributed by atoms with Crippen molar-refractivity contribution in [3.8, 4) is 0 Å². The van der Waals surface area contributed by atoms with Crippen molar-refractivity contribution >= 4 is 0 Å². The lowest BCUT2D eigenvalue weighted by molar-refractivity contribution is -0.0151. The maximum Gasteiger partial charge on any atom is 0.115 e. The predicted octanol–water partition coefficient (Wildman–Crippen LogP) is 2.43. The normalized spacial score (nSPS) is 27.2. The fraction of sp³-hybridized carbons (Fsp3) is 0.750. The monoisotopic (exact) mass is 275 g/mol. The van der Waals surface area contributed by atoms with E-state index in [1.807, 2.05) is 6.20 Å². The molecule has 1 aromatic rings. The molecule has 2 aliphatic rings. The highest BCUT2D eigenvalue weighted by molar-refractivity contribution is 5.18. The maximum absolute atomic E-state index is 6.11. The zero-order valence-electron chi connectivity index (χ0n) is 12.4. The minimum atomic E-state index is 0.489. The van der Waals surface area contributed by atoms with Crippen molar-refractivity contribution in [2.45, 2.75) is 51.7 Å². The Morgan fingerprint density at radius 1 is 1.35 bits per heavy atom. The molecular weight excluding hydrogens is 250 g/mol. The molecule has 2 atom stereocenters. The highest BCUT2D eigenvalue weighted by atomic mass is 16.5. The van der Waals surface area contributed by atoms with Crippen molar-refractivity contribution in [2.75, 3.05) is 19.7 Å². The van der Waals surface area contributed by atoms with Crippen molar-refractivity contribution in [2.24, 2.45) is 5.92 Å². The van der Waals surface area contributed by atoms with Gasteiger partial charge in [-0.05, 0) is 30.7 Å². The molecule has 4 heteroatoms. The third-order valence-corrected chi connectivity index (χ3v) is 4.72. The smallest absolute Gasteiger partial charge is 0.115 e. The molecule has 0 spiro atoms. The summed E-state index contributed by atoms with van der Waals surface area (Å²) in [5.41, 5.74) is 2.50. The van der Waals surface area contributed by atoms with Gasteiger partial charge in [0.05, 0.1) is 18.4 Å². The van der Waals surface area contributed by atoms with E-state index < -0.39 is 0 Å². The van der Waals surface area contributed by atoms with Crippen LogP contribution in [0.5, 0.6) is 0 Å². The summed E-state index contributed by atoms with van der Waals surface area (Å²) in [5.74, 6) is 0.735. The van der Waals surface area contributed by atoms with Gasteiger partial charge in [0.2, 0.25) is 0 Å². The Bertz CT molecular complexity index is 437. The quantitative estimate of drug-likeness (QED) is 0.846. The van der Waals surface area contributed by atoms with E-state index in [1.165, 1.54) is 36.9 Å². The van der Waals surface area contributed by atoms with Crippen LogP contribution in [0.15, 0.2) is 12.5 Å². The zero-order chi connectivity index (χ0) is 13.8. The minimum absolute atomic E-state index is 0.489. The van der Waals surface area contributed by atoms with Gasteiger partial charge in [0.25, 0.3) is 0 Å². The van der Waals surface area contributed by atoms with Crippen LogP contribution in [-0.4, -0.2) is 40.7 Å². The maximum atomic E-state index is 6.11. The summed E-state index contributed by atoms with van der Waals surface area (Å²) in [5, 5.41) is 0. The largest absolute Gasteiger partial charge is 0.377 e. The van der Waals surface area contributed by atoms with Crippen molar-refractivity contribution in [3.05, 3.63) is 23.8 Å². The number of rotatable bonds is 4. The summed E-state index contributed by atoms with van der Waals surface area (Å²) in [6.07, 6.45) is 10.5. The predicted molar refractivity (Wildman–Crippen MR) is 78.4 cm³/mol. The van der Waals surface area contributed by atoms with Crippen molar-refractivity contribution in [1.82, 2.24) is 14.9 Å². The highest BCUT2D eigenvalue weighted by Crippen LogP contribution is 2.26. The second-order valence-electron chi connectivity index (χ2n) is 6.19. The van der Waals surface area contributed by atoms with E-state index in [0.717, 1.165) is 38.6 Å². The van der Waals surface area contributed by atoms with Gasteiger partial charge in [-0.15, -0.1) is 0 Å². The van der Waals surface area contributed by atoms with Crippen molar-refractivity contribution in [1.29, 1.82) is 0 Å². The molecule has 0 saturated heterocycles. The molecule has 2 heterocycles. The second-order valence-corrected chi connectivity index (χ2v) is 6.19. The number of ether oxygens (including phenoxy) is 1. The summed E-state index contributed by atoms with van der Waals surface area (Å²) < 4.78 is 6.11. The molecule has 110 valence electrons. The van der Waals surface area contributed by atoms with Crippen LogP contribution in [0, 0.1) is 5.92 Å². The molecule has 1 fully saturated rings. The average molecular weight is 275 g/mol. The lowest BCUT2D eigenvalue weighted by atomic mass is 9.88. The number of hydrogen-bond donors (Lipinski definition) is 0. The van der Waals surface area contributed by atoms with Crippen LogP contribution in [0.2, 0.25) is 0 Å². The van der Waals surface area contributed by atoms with Gasteiger partial charge < -0.3 is 4.74 Å². The standard InChI is InChI=1S/C16H25N3O/c1-13-4-2-3-5-16(13)20-9-8-19-7-6-14-10-17-12-18-15(14)11-19/h10,12-13,16H,2-9,11H2,1H3/t13-,16-/m1/s1. The first-order chi connectivity index (χ1) is 9.83. The van der Waals surface area contributed by atoms with Gasteiger partial charge in [-0.3, -0.25) is 4.90 Å². The van der Waals surface area contributed by atoms with Crippen LogP contribution in [0.25, 0.3) is 0 Å². The topological polar surface area (TPSA) is 38.2 Å². The fourth-order valence-corrected chi connectivity index (χ4v) is 3.36. The molecule has 20 heavy (non-hydrogen) atoms. The van der Waals surface area contributed by atoms with E-state index in [1.54, 1.807) is 6.33 Å². The van der Waals surface area contributed by atoms with Gasteiger partial charge >= 0.3 is 0 Å². The molecule has 1 aromatic heterocycles. The van der Waals surface area contributed by atoms with E-state index in [4.69, 9.17) is 4.74 Å². The number of nitrogens with zero attached hydrogens (tertiary/aromatic N) is 3. The van der Waals surface area contributed by atoms with Crippen LogP contribution in [0.1, 0.15) is 43.9 Å². The summed E-state index contributed by atoms with van der Waals surface area (Å²) in [6, 6.07) is 0.